The molecule has 4 heteroatoms. The number of benzene rings is 1. The van der Waals surface area contributed by atoms with Gasteiger partial charge >= 0.3 is 10.1 Å². The fourth-order valence-corrected chi connectivity index (χ4v) is 2.46. The van der Waals surface area contributed by atoms with Crippen molar-refractivity contribution in [3.8, 4) is 5.75 Å². The number of aryl methyl sites for hydroxylation is 1. The third kappa shape index (κ3) is 4.04. The van der Waals surface area contributed by atoms with E-state index in [0.717, 1.165) is 24.7 Å². The maximum atomic E-state index is 11.1. The van der Waals surface area contributed by atoms with E-state index in [1.54, 1.807) is 6.07 Å². The summed E-state index contributed by atoms with van der Waals surface area (Å²) < 4.78 is 27.0. The summed E-state index contributed by atoms with van der Waals surface area (Å²) in [4.78, 5) is 0. The fourth-order valence-electron chi connectivity index (χ4n) is 1.94. The van der Waals surface area contributed by atoms with Crippen molar-refractivity contribution in [2.45, 2.75) is 39.5 Å². The Labute approximate surface area is 104 Å². The quantitative estimate of drug-likeness (QED) is 0.760. The van der Waals surface area contributed by atoms with Crippen molar-refractivity contribution < 1.29 is 12.6 Å². The molecule has 17 heavy (non-hydrogen) atoms. The minimum Gasteiger partial charge on any atom is -0.382 e. The lowest BCUT2D eigenvalue weighted by Crippen LogP contribution is -2.07. The first kappa shape index (κ1) is 14.0. The average Bonchev–Trinajstić information content (AvgIpc) is 2.22. The summed E-state index contributed by atoms with van der Waals surface area (Å²) in [5.74, 6) is 0.947. The van der Waals surface area contributed by atoms with Crippen molar-refractivity contribution in [2.75, 3.05) is 6.26 Å². The first-order valence-electron chi connectivity index (χ1n) is 5.87. The van der Waals surface area contributed by atoms with E-state index in [0.29, 0.717) is 11.7 Å². The Kier molecular flexibility index (Phi) is 4.57. The van der Waals surface area contributed by atoms with E-state index in [9.17, 15) is 8.42 Å². The molecule has 0 bridgehead atoms. The van der Waals surface area contributed by atoms with Gasteiger partial charge in [0, 0.05) is 0 Å². The van der Waals surface area contributed by atoms with Crippen molar-refractivity contribution in [3.05, 3.63) is 29.3 Å². The van der Waals surface area contributed by atoms with Crippen molar-refractivity contribution >= 4 is 10.1 Å². The summed E-state index contributed by atoms with van der Waals surface area (Å²) in [6.07, 6.45) is 3.23. The zero-order valence-electron chi connectivity index (χ0n) is 10.9. The zero-order valence-corrected chi connectivity index (χ0v) is 11.7. The van der Waals surface area contributed by atoms with E-state index < -0.39 is 10.1 Å². The molecule has 0 spiro atoms. The molecule has 1 aromatic carbocycles. The van der Waals surface area contributed by atoms with Gasteiger partial charge in [-0.25, -0.2) is 0 Å². The molecule has 0 aliphatic carbocycles. The number of hydrogen-bond acceptors (Lipinski definition) is 3. The molecule has 0 N–H and O–H groups in total. The molecule has 0 atom stereocenters. The van der Waals surface area contributed by atoms with Gasteiger partial charge in [0.15, 0.2) is 0 Å². The summed E-state index contributed by atoms with van der Waals surface area (Å²) in [6, 6.07) is 5.70. The molecule has 0 saturated heterocycles. The smallest absolute Gasteiger partial charge is 0.306 e. The van der Waals surface area contributed by atoms with Crippen LogP contribution in [0.2, 0.25) is 0 Å². The molecule has 0 heterocycles. The van der Waals surface area contributed by atoms with E-state index >= 15 is 0 Å². The van der Waals surface area contributed by atoms with Crippen LogP contribution in [0.5, 0.6) is 5.75 Å². The van der Waals surface area contributed by atoms with Crippen LogP contribution in [-0.4, -0.2) is 14.7 Å². The highest BCUT2D eigenvalue weighted by atomic mass is 32.2. The van der Waals surface area contributed by atoms with Crippen LogP contribution >= 0.6 is 0 Å². The Morgan fingerprint density at radius 1 is 1.24 bits per heavy atom. The van der Waals surface area contributed by atoms with E-state index in [2.05, 4.69) is 13.8 Å². The van der Waals surface area contributed by atoms with Crippen molar-refractivity contribution in [2.24, 2.45) is 0 Å². The minimum absolute atomic E-state index is 0.419. The second-order valence-corrected chi connectivity index (χ2v) is 5.90. The molecular weight excluding hydrogens is 236 g/mol. The minimum atomic E-state index is -3.44. The summed E-state index contributed by atoms with van der Waals surface area (Å²) >= 11 is 0. The summed E-state index contributed by atoms with van der Waals surface area (Å²) in [6.45, 7) is 6.18. The van der Waals surface area contributed by atoms with Gasteiger partial charge < -0.3 is 4.18 Å². The normalized spacial score (nSPS) is 11.8. The van der Waals surface area contributed by atoms with E-state index in [1.165, 1.54) is 5.56 Å². The Balaban J connectivity index is 3.01. The van der Waals surface area contributed by atoms with Crippen molar-refractivity contribution in [1.29, 1.82) is 0 Å². The molecule has 96 valence electrons. The predicted octanol–water partition coefficient (Wildman–Crippen LogP) is 3.24. The van der Waals surface area contributed by atoms with Crippen LogP contribution in [0.1, 0.15) is 43.7 Å². The van der Waals surface area contributed by atoms with E-state index in [1.807, 2.05) is 19.1 Å². The maximum Gasteiger partial charge on any atom is 0.306 e. The molecule has 0 aliphatic heterocycles. The van der Waals surface area contributed by atoms with Crippen molar-refractivity contribution in [1.82, 2.24) is 0 Å². The molecule has 0 aromatic heterocycles. The molecule has 1 aromatic rings. The Bertz CT molecular complexity index is 473. The molecule has 0 amide bonds. The van der Waals surface area contributed by atoms with Crippen LogP contribution in [0.25, 0.3) is 0 Å². The van der Waals surface area contributed by atoms with Crippen LogP contribution in [0.3, 0.4) is 0 Å². The first-order valence-corrected chi connectivity index (χ1v) is 7.69. The monoisotopic (exact) mass is 256 g/mol. The highest BCUT2D eigenvalue weighted by Gasteiger charge is 2.11. The van der Waals surface area contributed by atoms with Gasteiger partial charge in [-0.15, -0.1) is 0 Å². The van der Waals surface area contributed by atoms with Gasteiger partial charge in [0.05, 0.1) is 6.26 Å². The standard InChI is InChI=1S/C13H20O3S/c1-5-11(6-2)12-7-8-13(10(3)9-12)16-17(4,14)15/h7-9,11H,5-6H2,1-4H3. The van der Waals surface area contributed by atoms with Crippen LogP contribution in [0, 0.1) is 6.92 Å². The van der Waals surface area contributed by atoms with Gasteiger partial charge in [0.2, 0.25) is 0 Å². The number of rotatable bonds is 5. The zero-order chi connectivity index (χ0) is 13.1. The van der Waals surface area contributed by atoms with Gasteiger partial charge in [-0.3, -0.25) is 0 Å². The van der Waals surface area contributed by atoms with Crippen LogP contribution < -0.4 is 4.18 Å². The molecular formula is C13H20O3S. The maximum absolute atomic E-state index is 11.1. The van der Waals surface area contributed by atoms with E-state index in [4.69, 9.17) is 4.18 Å². The Hall–Kier alpha value is -1.03. The Morgan fingerprint density at radius 2 is 1.82 bits per heavy atom. The van der Waals surface area contributed by atoms with Crippen LogP contribution in [0.15, 0.2) is 18.2 Å². The lowest BCUT2D eigenvalue weighted by atomic mass is 9.93. The molecule has 1 rings (SSSR count). The highest BCUT2D eigenvalue weighted by Crippen LogP contribution is 2.28. The topological polar surface area (TPSA) is 43.4 Å². The van der Waals surface area contributed by atoms with Crippen LogP contribution in [-0.2, 0) is 10.1 Å². The lowest BCUT2D eigenvalue weighted by molar-refractivity contribution is 0.490. The molecule has 0 aliphatic rings. The third-order valence-electron chi connectivity index (χ3n) is 2.90. The average molecular weight is 256 g/mol. The molecule has 0 fully saturated rings. The largest absolute Gasteiger partial charge is 0.382 e. The Morgan fingerprint density at radius 3 is 2.24 bits per heavy atom. The van der Waals surface area contributed by atoms with Crippen LogP contribution in [0.4, 0.5) is 0 Å². The third-order valence-corrected chi connectivity index (χ3v) is 3.38. The second-order valence-electron chi connectivity index (χ2n) is 4.33. The fraction of sp³-hybridized carbons (Fsp3) is 0.538. The van der Waals surface area contributed by atoms with Gasteiger partial charge in [-0.05, 0) is 42.9 Å². The summed E-state index contributed by atoms with van der Waals surface area (Å²) in [7, 11) is -3.44. The van der Waals surface area contributed by atoms with Gasteiger partial charge in [0.25, 0.3) is 0 Å². The van der Waals surface area contributed by atoms with Crippen molar-refractivity contribution in [3.63, 3.8) is 0 Å². The molecule has 0 saturated carbocycles. The highest BCUT2D eigenvalue weighted by molar-refractivity contribution is 7.86. The van der Waals surface area contributed by atoms with Gasteiger partial charge in [0.1, 0.15) is 5.75 Å². The molecule has 0 unspecified atom stereocenters. The molecule has 3 nitrogen and oxygen atoms in total. The first-order chi connectivity index (χ1) is 7.87. The summed E-state index contributed by atoms with van der Waals surface area (Å²) in [5, 5.41) is 0. The summed E-state index contributed by atoms with van der Waals surface area (Å²) in [5.41, 5.74) is 2.10. The number of hydrogen-bond donors (Lipinski definition) is 0. The van der Waals surface area contributed by atoms with Gasteiger partial charge in [-0.1, -0.05) is 26.0 Å². The molecule has 0 radical (unpaired) electrons. The lowest BCUT2D eigenvalue weighted by Gasteiger charge is -2.15. The second kappa shape index (κ2) is 5.54. The van der Waals surface area contributed by atoms with Gasteiger partial charge in [-0.2, -0.15) is 8.42 Å². The SMILES string of the molecule is CCC(CC)c1ccc(OS(C)(=O)=O)c(C)c1. The predicted molar refractivity (Wildman–Crippen MR) is 70.0 cm³/mol. The van der Waals surface area contributed by atoms with E-state index in [-0.39, 0.29) is 0 Å².